The van der Waals surface area contributed by atoms with Gasteiger partial charge in [0.15, 0.2) is 25.1 Å². The molecular weight excluding hydrogens is 1160 g/mol. The Balaban J connectivity index is 0.000000244. The quantitative estimate of drug-likeness (QED) is 0.0433. The van der Waals surface area contributed by atoms with E-state index >= 15 is 0 Å². The van der Waals surface area contributed by atoms with Gasteiger partial charge in [0.1, 0.15) is 18.6 Å². The normalized spacial score (nSPS) is 21.9. The van der Waals surface area contributed by atoms with E-state index in [1.54, 1.807) is 47.8 Å². The first kappa shape index (κ1) is 66.0. The second-order valence-electron chi connectivity index (χ2n) is 15.9. The van der Waals surface area contributed by atoms with Crippen molar-refractivity contribution in [3.63, 3.8) is 0 Å². The number of nitrogens with zero attached hydrogens (tertiary/aromatic N) is 3. The van der Waals surface area contributed by atoms with Gasteiger partial charge in [-0.2, -0.15) is 0 Å². The molecular formula is C45H67N6O23P3Se. The van der Waals surface area contributed by atoms with Gasteiger partial charge >= 0.3 is 207 Å². The Morgan fingerprint density at radius 3 is 1.44 bits per heavy atom. The molecule has 8 atom stereocenters. The zero-order valence-corrected chi connectivity index (χ0v) is 47.9. The predicted molar refractivity (Wildman–Crippen MR) is 279 cm³/mol. The molecule has 3 aliphatic heterocycles. The minimum absolute atomic E-state index is 0.0201. The van der Waals surface area contributed by atoms with Crippen molar-refractivity contribution in [1.29, 1.82) is 0 Å². The summed E-state index contributed by atoms with van der Waals surface area (Å²) in [5.74, 6) is 0. The van der Waals surface area contributed by atoms with Gasteiger partial charge in [0.2, 0.25) is 0 Å². The molecule has 2 fully saturated rings. The van der Waals surface area contributed by atoms with Crippen LogP contribution in [0.2, 0.25) is 4.82 Å². The van der Waals surface area contributed by atoms with Crippen LogP contribution in [0.3, 0.4) is 0 Å². The molecule has 8 unspecified atom stereocenters. The average molecular weight is 1230 g/mol. The second kappa shape index (κ2) is 32.7. The zero-order chi connectivity index (χ0) is 57.5. The van der Waals surface area contributed by atoms with Crippen molar-refractivity contribution < 1.29 is 79.8 Å². The van der Waals surface area contributed by atoms with Gasteiger partial charge in [0, 0.05) is 30.9 Å². The molecule has 7 rings (SSSR count). The summed E-state index contributed by atoms with van der Waals surface area (Å²) in [4.78, 5) is 74.8. The molecule has 0 bridgehead atoms. The van der Waals surface area contributed by atoms with Crippen LogP contribution in [0.4, 0.5) is 0 Å². The minimum atomic E-state index is -3.54. The van der Waals surface area contributed by atoms with Crippen molar-refractivity contribution in [2.75, 3.05) is 58.7 Å². The van der Waals surface area contributed by atoms with Gasteiger partial charge in [-0.25, -0.2) is 9.59 Å². The third kappa shape index (κ3) is 20.2. The van der Waals surface area contributed by atoms with Crippen molar-refractivity contribution in [2.45, 2.75) is 103 Å². The van der Waals surface area contributed by atoms with Crippen LogP contribution in [-0.4, -0.2) is 142 Å². The maximum atomic E-state index is 12.8. The molecule has 0 amide bonds. The van der Waals surface area contributed by atoms with Crippen LogP contribution in [0.5, 0.6) is 0 Å². The van der Waals surface area contributed by atoms with E-state index in [0.29, 0.717) is 12.8 Å². The Hall–Kier alpha value is -4.51. The topological polar surface area (TPSA) is 378 Å². The number of nitrogens with one attached hydrogen (secondary N) is 3. The maximum absolute atomic E-state index is 12.8. The molecule has 0 radical (unpaired) electrons. The number of aliphatic hydroxyl groups excluding tert-OH is 3. The molecule has 0 spiro atoms. The van der Waals surface area contributed by atoms with Crippen LogP contribution in [0.25, 0.3) is 0 Å². The summed E-state index contributed by atoms with van der Waals surface area (Å²) in [6, 6.07) is 13.6. The zero-order valence-electron chi connectivity index (χ0n) is 43.5. The first-order valence-corrected chi connectivity index (χ1v) is 31.4. The standard InChI is InChI=1S/C19H25N2O7PSe.C13H21N2O9P.C8H8N2O3.C5H13O4P/c1-3-26-29(24,27-4-2)13-25-18-15(30-14-8-6-5-7-9-14)12-17(28-18)21-11-10-16(22)20-19(21)23;1-3-22-25(20,23-4-2)7-21-12-10(18)9(17)11(24-12)15-6-5-8(16)14-13(15)19;11-6-3-4-10(8(12)9-6)7-2-1-5-13-7;1-3-8-10(7,5-6)9-4-2/h5-11,15,17-18H,3-4,12-13H2,1-2H3,(H,20,22,23);5-6,9-12,17-18H,3-4,7H2,1-2H3,(H,14,16,19);1,3-5,7H,2H2,(H,9,11,12);6H,3-5H2,1-2H3. The molecule has 33 heteroatoms. The summed E-state index contributed by atoms with van der Waals surface area (Å²) in [5, 5.41) is 28.6. The smallest absolute Gasteiger partial charge is 0.331 e. The van der Waals surface area contributed by atoms with E-state index in [4.69, 9.17) is 55.9 Å². The Morgan fingerprint density at radius 2 is 1.01 bits per heavy atom. The fourth-order valence-corrected chi connectivity index (χ4v) is 13.2. The Labute approximate surface area is 452 Å². The Bertz CT molecular complexity index is 2970. The molecule has 436 valence electrons. The maximum Gasteiger partial charge on any atom is 0.331 e. The number of aliphatic hydroxyl groups is 3. The Kier molecular flexibility index (Phi) is 27.6. The first-order valence-electron chi connectivity index (χ1n) is 24.3. The van der Waals surface area contributed by atoms with Crippen LogP contribution in [0, 0.1) is 0 Å². The second-order valence-corrected chi connectivity index (χ2v) is 24.6. The summed E-state index contributed by atoms with van der Waals surface area (Å²) in [7, 11) is -10.1. The van der Waals surface area contributed by atoms with Gasteiger partial charge in [-0.15, -0.1) is 0 Å². The number of benzene rings is 1. The van der Waals surface area contributed by atoms with Crippen LogP contribution < -0.4 is 38.2 Å². The number of aromatic amines is 3. The summed E-state index contributed by atoms with van der Waals surface area (Å²) in [5.41, 5.74) is -3.29. The van der Waals surface area contributed by atoms with Crippen molar-refractivity contribution in [1.82, 2.24) is 28.7 Å². The van der Waals surface area contributed by atoms with E-state index in [2.05, 4.69) is 9.97 Å². The summed E-state index contributed by atoms with van der Waals surface area (Å²) in [6.07, 6.45) is -0.0979. The van der Waals surface area contributed by atoms with E-state index < -0.39 is 106 Å². The van der Waals surface area contributed by atoms with Crippen molar-refractivity contribution in [3.8, 4) is 0 Å². The number of hydrogen-bond donors (Lipinski definition) is 6. The molecule has 0 saturated carbocycles. The van der Waals surface area contributed by atoms with Gasteiger partial charge in [-0.3, -0.25) is 37.8 Å². The van der Waals surface area contributed by atoms with Crippen LogP contribution in [-0.2, 0) is 64.5 Å². The molecule has 1 aromatic carbocycles. The molecule has 6 N–H and O–H groups in total. The minimum Gasteiger partial charge on any atom is -0.478 e. The number of aromatic nitrogens is 6. The van der Waals surface area contributed by atoms with Crippen molar-refractivity contribution in [2.24, 2.45) is 0 Å². The molecule has 2 saturated heterocycles. The summed E-state index contributed by atoms with van der Waals surface area (Å²) < 4.78 is 98.6. The van der Waals surface area contributed by atoms with Gasteiger partial charge < -0.3 is 47.6 Å². The number of rotatable bonds is 24. The van der Waals surface area contributed by atoms with Gasteiger partial charge in [0.25, 0.3) is 11.1 Å². The van der Waals surface area contributed by atoms with E-state index in [1.807, 2.05) is 41.4 Å². The first-order chi connectivity index (χ1) is 37.2. The molecule has 6 heterocycles. The third-order valence-corrected chi connectivity index (χ3v) is 18.1. The van der Waals surface area contributed by atoms with Gasteiger partial charge in [0.05, 0.1) is 32.7 Å². The monoisotopic (exact) mass is 1230 g/mol. The number of H-pyrrole nitrogens is 3. The molecule has 78 heavy (non-hydrogen) atoms. The number of ether oxygens (including phenoxy) is 5. The number of hydrogen-bond acceptors (Lipinski definition) is 23. The van der Waals surface area contributed by atoms with Crippen LogP contribution >= 0.6 is 22.8 Å². The Morgan fingerprint density at radius 1 is 0.577 bits per heavy atom. The molecule has 3 aromatic heterocycles. The average Bonchev–Trinajstić information content (AvgIpc) is 4.17. The van der Waals surface area contributed by atoms with Crippen molar-refractivity contribution >= 4 is 42.2 Å². The van der Waals surface area contributed by atoms with Gasteiger partial charge in [-0.05, 0) is 33.8 Å². The summed E-state index contributed by atoms with van der Waals surface area (Å²) >= 11 is -0.0201. The SMILES string of the molecule is CCOP(=O)(CO)OCC.CCOP(=O)(COC1OC(n2ccc(=O)[nH]c2=O)C(O)C1O)OCC.CCOP(=O)(COC1OC(n2ccc(=O)[nH]c2=O)CC1[Se]c1ccccc1)OCC.O=c1ccn(C2CC=CO2)c(=O)[nH]1. The predicted octanol–water partition coefficient (Wildman–Crippen LogP) is 2.37. The fourth-order valence-electron chi connectivity index (χ4n) is 7.05. The molecule has 4 aromatic rings. The van der Waals surface area contributed by atoms with Crippen molar-refractivity contribution in [3.05, 3.63) is 142 Å². The van der Waals surface area contributed by atoms with Crippen LogP contribution in [0.15, 0.2) is 108 Å². The van der Waals surface area contributed by atoms with Crippen LogP contribution in [0.1, 0.15) is 73.1 Å². The molecule has 29 nitrogen and oxygen atoms in total. The van der Waals surface area contributed by atoms with E-state index in [9.17, 15) is 52.7 Å². The fraction of sp³-hybridized carbons (Fsp3) is 0.556. The van der Waals surface area contributed by atoms with E-state index in [0.717, 1.165) is 21.3 Å². The summed E-state index contributed by atoms with van der Waals surface area (Å²) in [6.45, 7) is 11.4. The molecule has 0 aliphatic carbocycles. The third-order valence-electron chi connectivity index (χ3n) is 10.3. The van der Waals surface area contributed by atoms with E-state index in [-0.39, 0.29) is 72.0 Å². The molecule has 3 aliphatic rings. The largest absolute Gasteiger partial charge is 0.478 e. The van der Waals surface area contributed by atoms with Gasteiger partial charge in [-0.1, -0.05) is 0 Å². The van der Waals surface area contributed by atoms with E-state index in [1.165, 1.54) is 33.7 Å².